The summed E-state index contributed by atoms with van der Waals surface area (Å²) in [6, 6.07) is 4.19. The van der Waals surface area contributed by atoms with E-state index in [0.29, 0.717) is 6.42 Å². The Morgan fingerprint density at radius 3 is 2.47 bits per heavy atom. The largest absolute Gasteiger partial charge is 0.351 e. The number of carbonyl (C=O) groups excluding carboxylic acids is 1. The second-order valence-corrected chi connectivity index (χ2v) is 8.13. The van der Waals surface area contributed by atoms with E-state index in [0.717, 1.165) is 19.3 Å². The molecular weight excluding hydrogens is 254 g/mol. The fourth-order valence-electron chi connectivity index (χ4n) is 2.69. The molecule has 0 fully saturated rings. The van der Waals surface area contributed by atoms with Gasteiger partial charge in [-0.1, -0.05) is 26.8 Å². The van der Waals surface area contributed by atoms with Crippen molar-refractivity contribution in [3.05, 3.63) is 22.4 Å². The number of hydrogen-bond acceptors (Lipinski definition) is 2. The number of amides is 1. The molecule has 1 aromatic rings. The van der Waals surface area contributed by atoms with Crippen molar-refractivity contribution in [3.8, 4) is 0 Å². The van der Waals surface area contributed by atoms with Gasteiger partial charge < -0.3 is 5.32 Å². The highest BCUT2D eigenvalue weighted by Gasteiger charge is 2.26. The number of hydrogen-bond donors (Lipinski definition) is 1. The molecular formula is C16H27NOS. The second-order valence-electron chi connectivity index (χ2n) is 7.10. The molecule has 0 unspecified atom stereocenters. The lowest BCUT2D eigenvalue weighted by Gasteiger charge is -2.33. The van der Waals surface area contributed by atoms with Crippen LogP contribution in [0.25, 0.3) is 0 Å². The summed E-state index contributed by atoms with van der Waals surface area (Å²) in [6.07, 6.45) is 3.53. The molecule has 0 atom stereocenters. The molecule has 0 saturated carbocycles. The number of carbonyl (C=O) groups is 1. The summed E-state index contributed by atoms with van der Waals surface area (Å²) in [5.74, 6) is 0.172. The van der Waals surface area contributed by atoms with Crippen molar-refractivity contribution < 1.29 is 4.79 Å². The Kier molecular flexibility index (Phi) is 5.60. The van der Waals surface area contributed by atoms with E-state index in [2.05, 4.69) is 57.4 Å². The topological polar surface area (TPSA) is 29.1 Å². The van der Waals surface area contributed by atoms with Crippen molar-refractivity contribution in [2.45, 2.75) is 65.8 Å². The lowest BCUT2D eigenvalue weighted by Crippen LogP contribution is -2.45. The minimum absolute atomic E-state index is 0.127. The van der Waals surface area contributed by atoms with Crippen molar-refractivity contribution in [2.75, 3.05) is 0 Å². The van der Waals surface area contributed by atoms with Crippen LogP contribution >= 0.6 is 11.3 Å². The van der Waals surface area contributed by atoms with Crippen LogP contribution in [0.4, 0.5) is 0 Å². The Balaban J connectivity index is 2.30. The van der Waals surface area contributed by atoms with Crippen LogP contribution in [-0.2, 0) is 11.2 Å². The van der Waals surface area contributed by atoms with Crippen LogP contribution in [0.1, 0.15) is 58.8 Å². The maximum atomic E-state index is 12.0. The minimum Gasteiger partial charge on any atom is -0.351 e. The molecule has 108 valence electrons. The van der Waals surface area contributed by atoms with E-state index in [1.165, 1.54) is 4.88 Å². The highest BCUT2D eigenvalue weighted by Crippen LogP contribution is 2.26. The van der Waals surface area contributed by atoms with Crippen molar-refractivity contribution >= 4 is 17.2 Å². The van der Waals surface area contributed by atoms with Gasteiger partial charge in [-0.3, -0.25) is 4.79 Å². The van der Waals surface area contributed by atoms with Gasteiger partial charge in [0.05, 0.1) is 0 Å². The van der Waals surface area contributed by atoms with E-state index in [4.69, 9.17) is 0 Å². The normalized spacial score (nSPS) is 12.5. The Morgan fingerprint density at radius 2 is 1.95 bits per heavy atom. The molecule has 0 bridgehead atoms. The third-order valence-electron chi connectivity index (χ3n) is 2.86. The molecule has 0 saturated heterocycles. The first-order chi connectivity index (χ1) is 8.68. The molecule has 1 rings (SSSR count). The van der Waals surface area contributed by atoms with E-state index in [1.54, 1.807) is 11.3 Å². The summed E-state index contributed by atoms with van der Waals surface area (Å²) in [5, 5.41) is 5.24. The van der Waals surface area contributed by atoms with Crippen molar-refractivity contribution in [1.29, 1.82) is 0 Å². The highest BCUT2D eigenvalue weighted by molar-refractivity contribution is 7.09. The monoisotopic (exact) mass is 281 g/mol. The Hall–Kier alpha value is -0.830. The van der Waals surface area contributed by atoms with Gasteiger partial charge >= 0.3 is 0 Å². The summed E-state index contributed by atoms with van der Waals surface area (Å²) in [7, 11) is 0. The Labute approximate surface area is 121 Å². The summed E-state index contributed by atoms with van der Waals surface area (Å²) >= 11 is 1.76. The Bertz CT molecular complexity index is 387. The SMILES string of the molecule is CC(C)(C)CC(C)(C)NC(=O)CCCc1cccs1. The van der Waals surface area contributed by atoms with E-state index >= 15 is 0 Å². The quantitative estimate of drug-likeness (QED) is 0.822. The van der Waals surface area contributed by atoms with Gasteiger partial charge in [0.2, 0.25) is 5.91 Å². The van der Waals surface area contributed by atoms with Crippen LogP contribution in [0.3, 0.4) is 0 Å². The van der Waals surface area contributed by atoms with Gasteiger partial charge in [-0.2, -0.15) is 0 Å². The van der Waals surface area contributed by atoms with Crippen LogP contribution in [-0.4, -0.2) is 11.4 Å². The lowest BCUT2D eigenvalue weighted by molar-refractivity contribution is -0.123. The zero-order chi connectivity index (χ0) is 14.5. The van der Waals surface area contributed by atoms with Crippen molar-refractivity contribution in [1.82, 2.24) is 5.32 Å². The third-order valence-corrected chi connectivity index (χ3v) is 3.79. The molecule has 0 aliphatic carbocycles. The number of rotatable bonds is 6. The smallest absolute Gasteiger partial charge is 0.220 e. The van der Waals surface area contributed by atoms with Crippen LogP contribution in [0.5, 0.6) is 0 Å². The van der Waals surface area contributed by atoms with Crippen molar-refractivity contribution in [3.63, 3.8) is 0 Å². The van der Waals surface area contributed by atoms with Gasteiger partial charge in [-0.05, 0) is 50.0 Å². The predicted octanol–water partition coefficient (Wildman–Crippen LogP) is 4.40. The average molecular weight is 281 g/mol. The zero-order valence-corrected chi connectivity index (χ0v) is 13.7. The van der Waals surface area contributed by atoms with Crippen LogP contribution < -0.4 is 5.32 Å². The molecule has 0 aliphatic heterocycles. The van der Waals surface area contributed by atoms with Crippen LogP contribution in [0.15, 0.2) is 17.5 Å². The van der Waals surface area contributed by atoms with E-state index in [9.17, 15) is 4.79 Å². The predicted molar refractivity (Wildman–Crippen MR) is 83.6 cm³/mol. The van der Waals surface area contributed by atoms with Gasteiger partial charge in [0, 0.05) is 16.8 Å². The number of nitrogens with one attached hydrogen (secondary N) is 1. The van der Waals surface area contributed by atoms with E-state index in [-0.39, 0.29) is 16.9 Å². The van der Waals surface area contributed by atoms with Crippen molar-refractivity contribution in [2.24, 2.45) is 5.41 Å². The standard InChI is InChI=1S/C16H27NOS/c1-15(2,3)12-16(4,5)17-14(18)10-6-8-13-9-7-11-19-13/h7,9,11H,6,8,10,12H2,1-5H3,(H,17,18). The second kappa shape index (κ2) is 6.56. The Morgan fingerprint density at radius 1 is 1.26 bits per heavy atom. The number of aryl methyl sites for hydroxylation is 1. The first-order valence-corrected chi connectivity index (χ1v) is 7.89. The summed E-state index contributed by atoms with van der Waals surface area (Å²) in [4.78, 5) is 13.3. The summed E-state index contributed by atoms with van der Waals surface area (Å²) in [5.41, 5.74) is 0.103. The maximum absolute atomic E-state index is 12.0. The molecule has 3 heteroatoms. The molecule has 0 radical (unpaired) electrons. The first-order valence-electron chi connectivity index (χ1n) is 7.01. The van der Waals surface area contributed by atoms with Gasteiger partial charge in [-0.15, -0.1) is 11.3 Å². The number of thiophene rings is 1. The molecule has 0 spiro atoms. The van der Waals surface area contributed by atoms with E-state index < -0.39 is 0 Å². The average Bonchev–Trinajstić information content (AvgIpc) is 2.64. The molecule has 2 nitrogen and oxygen atoms in total. The first kappa shape index (κ1) is 16.2. The van der Waals surface area contributed by atoms with Gasteiger partial charge in [0.15, 0.2) is 0 Å². The molecule has 0 aromatic carbocycles. The molecule has 1 heterocycles. The van der Waals surface area contributed by atoms with Gasteiger partial charge in [0.25, 0.3) is 0 Å². The lowest BCUT2D eigenvalue weighted by atomic mass is 9.82. The fourth-order valence-corrected chi connectivity index (χ4v) is 3.44. The molecule has 1 aromatic heterocycles. The molecule has 1 amide bonds. The van der Waals surface area contributed by atoms with Crippen LogP contribution in [0, 0.1) is 5.41 Å². The highest BCUT2D eigenvalue weighted by atomic mass is 32.1. The summed E-state index contributed by atoms with van der Waals surface area (Å²) in [6.45, 7) is 10.8. The van der Waals surface area contributed by atoms with E-state index in [1.807, 2.05) is 0 Å². The van der Waals surface area contributed by atoms with Gasteiger partial charge in [-0.25, -0.2) is 0 Å². The van der Waals surface area contributed by atoms with Crippen LogP contribution in [0.2, 0.25) is 0 Å². The molecule has 19 heavy (non-hydrogen) atoms. The molecule has 1 N–H and O–H groups in total. The maximum Gasteiger partial charge on any atom is 0.220 e. The zero-order valence-electron chi connectivity index (χ0n) is 12.9. The van der Waals surface area contributed by atoms with Gasteiger partial charge in [0.1, 0.15) is 0 Å². The third kappa shape index (κ3) is 7.36. The fraction of sp³-hybridized carbons (Fsp3) is 0.688. The molecule has 0 aliphatic rings. The summed E-state index contributed by atoms with van der Waals surface area (Å²) < 4.78 is 0. The minimum atomic E-state index is -0.127.